The quantitative estimate of drug-likeness (QED) is 0.406. The fourth-order valence-electron chi connectivity index (χ4n) is 4.13. The molecule has 3 rings (SSSR count). The molecule has 2 aromatic rings. The molecule has 1 fully saturated rings. The molecular weight excluding hydrogens is 438 g/mol. The minimum atomic E-state index is -0.632. The van der Waals surface area contributed by atoms with Crippen molar-refractivity contribution in [2.75, 3.05) is 27.4 Å². The van der Waals surface area contributed by atoms with Crippen LogP contribution in [0.5, 0.6) is 17.2 Å². The third kappa shape index (κ3) is 6.07. The first-order valence-electron chi connectivity index (χ1n) is 11.3. The summed E-state index contributed by atoms with van der Waals surface area (Å²) in [6.07, 6.45) is 3.13. The first-order valence-corrected chi connectivity index (χ1v) is 11.3. The van der Waals surface area contributed by atoms with Crippen LogP contribution in [0.15, 0.2) is 42.5 Å². The second-order valence-electron chi connectivity index (χ2n) is 8.31. The number of methoxy groups -OCH3 is 2. The van der Waals surface area contributed by atoms with Crippen molar-refractivity contribution in [1.82, 2.24) is 4.90 Å². The molecule has 182 valence electrons. The van der Waals surface area contributed by atoms with E-state index in [0.29, 0.717) is 22.8 Å². The van der Waals surface area contributed by atoms with E-state index in [0.717, 1.165) is 19.3 Å². The molecule has 0 saturated carbocycles. The summed E-state index contributed by atoms with van der Waals surface area (Å²) in [6.45, 7) is 3.65. The van der Waals surface area contributed by atoms with Crippen LogP contribution in [-0.2, 0) is 9.53 Å². The number of likely N-dealkylation sites (tertiary alicyclic amines) is 1. The largest absolute Gasteiger partial charge is 0.493 e. The third-order valence-corrected chi connectivity index (χ3v) is 5.97. The second-order valence-corrected chi connectivity index (χ2v) is 8.31. The number of esters is 1. The van der Waals surface area contributed by atoms with Gasteiger partial charge in [-0.15, -0.1) is 0 Å². The average Bonchev–Trinajstić information content (AvgIpc) is 2.85. The Labute approximate surface area is 199 Å². The first kappa shape index (κ1) is 25.1. The lowest BCUT2D eigenvalue weighted by molar-refractivity contribution is -0.139. The predicted molar refractivity (Wildman–Crippen MR) is 126 cm³/mol. The van der Waals surface area contributed by atoms with Gasteiger partial charge in [0.2, 0.25) is 0 Å². The number of hydrogen-bond acceptors (Lipinski definition) is 7. The topological polar surface area (TPSA) is 91.4 Å². The molecule has 1 aliphatic heterocycles. The Balaban J connectivity index is 1.51. The number of nitrogens with zero attached hydrogens (tertiary/aromatic N) is 1. The predicted octanol–water partition coefficient (Wildman–Crippen LogP) is 3.91. The van der Waals surface area contributed by atoms with Crippen molar-refractivity contribution in [1.29, 1.82) is 0 Å². The Bertz CT molecular complexity index is 1010. The Hall–Kier alpha value is -3.55. The first-order chi connectivity index (χ1) is 16.3. The van der Waals surface area contributed by atoms with Crippen molar-refractivity contribution in [3.05, 3.63) is 53.6 Å². The Morgan fingerprint density at radius 3 is 2.09 bits per heavy atom. The lowest BCUT2D eigenvalue weighted by atomic mass is 9.97. The van der Waals surface area contributed by atoms with Gasteiger partial charge in [0.15, 0.2) is 30.5 Å². The van der Waals surface area contributed by atoms with Gasteiger partial charge in [-0.05, 0) is 75.6 Å². The zero-order valence-electron chi connectivity index (χ0n) is 20.0. The summed E-state index contributed by atoms with van der Waals surface area (Å²) in [5, 5.41) is 0. The molecule has 0 radical (unpaired) electrons. The monoisotopic (exact) mass is 469 g/mol. The van der Waals surface area contributed by atoms with E-state index in [1.165, 1.54) is 32.4 Å². The Kier molecular flexibility index (Phi) is 8.51. The van der Waals surface area contributed by atoms with Crippen LogP contribution in [-0.4, -0.2) is 62.1 Å². The van der Waals surface area contributed by atoms with E-state index < -0.39 is 12.6 Å². The number of hydrogen-bond donors (Lipinski definition) is 0. The van der Waals surface area contributed by atoms with Crippen molar-refractivity contribution in [3.63, 3.8) is 0 Å². The maximum atomic E-state index is 12.6. The second kappa shape index (κ2) is 11.5. The van der Waals surface area contributed by atoms with Gasteiger partial charge >= 0.3 is 5.97 Å². The lowest BCUT2D eigenvalue weighted by Crippen LogP contribution is -2.49. The molecule has 8 nitrogen and oxygen atoms in total. The maximum absolute atomic E-state index is 12.6. The summed E-state index contributed by atoms with van der Waals surface area (Å²) < 4.78 is 21.1. The number of carbonyl (C=O) groups excluding carboxylic acids is 3. The lowest BCUT2D eigenvalue weighted by Gasteiger charge is -2.38. The Morgan fingerprint density at radius 2 is 1.47 bits per heavy atom. The molecule has 2 atom stereocenters. The van der Waals surface area contributed by atoms with Crippen LogP contribution in [0.1, 0.15) is 53.8 Å². The Morgan fingerprint density at radius 1 is 0.853 bits per heavy atom. The highest BCUT2D eigenvalue weighted by Gasteiger charge is 2.29. The molecule has 0 aliphatic carbocycles. The molecule has 2 aromatic carbocycles. The van der Waals surface area contributed by atoms with E-state index in [4.69, 9.17) is 18.9 Å². The number of Topliss-reactive ketones (excluding diaryl/α,β-unsaturated/α-hetero) is 1. The average molecular weight is 470 g/mol. The van der Waals surface area contributed by atoms with Crippen LogP contribution in [0, 0.1) is 0 Å². The van der Waals surface area contributed by atoms with Crippen LogP contribution in [0.2, 0.25) is 0 Å². The zero-order chi connectivity index (χ0) is 24.7. The van der Waals surface area contributed by atoms with Crippen molar-refractivity contribution in [3.8, 4) is 17.2 Å². The van der Waals surface area contributed by atoms with E-state index in [9.17, 15) is 14.4 Å². The SMILES string of the molecule is COc1ccc(C(=O)COC(=O)c2ccc(OCC(=O)N3C(C)CCCC3C)cc2)cc1OC. The third-order valence-electron chi connectivity index (χ3n) is 5.97. The molecular formula is C26H31NO7. The molecule has 0 bridgehead atoms. The number of ketones is 1. The van der Waals surface area contributed by atoms with Gasteiger partial charge in [-0.2, -0.15) is 0 Å². The van der Waals surface area contributed by atoms with Gasteiger partial charge in [0.1, 0.15) is 5.75 Å². The molecule has 1 saturated heterocycles. The van der Waals surface area contributed by atoms with Crippen LogP contribution in [0.25, 0.3) is 0 Å². The molecule has 34 heavy (non-hydrogen) atoms. The minimum Gasteiger partial charge on any atom is -0.493 e. The molecule has 1 amide bonds. The zero-order valence-corrected chi connectivity index (χ0v) is 20.0. The highest BCUT2D eigenvalue weighted by molar-refractivity contribution is 5.99. The van der Waals surface area contributed by atoms with Gasteiger partial charge in [0.25, 0.3) is 5.91 Å². The molecule has 2 unspecified atom stereocenters. The highest BCUT2D eigenvalue weighted by Crippen LogP contribution is 2.28. The van der Waals surface area contributed by atoms with E-state index >= 15 is 0 Å². The van der Waals surface area contributed by atoms with Gasteiger partial charge in [0, 0.05) is 17.6 Å². The van der Waals surface area contributed by atoms with Crippen molar-refractivity contribution in [2.45, 2.75) is 45.2 Å². The molecule has 8 heteroatoms. The summed E-state index contributed by atoms with van der Waals surface area (Å²) >= 11 is 0. The number of rotatable bonds is 9. The molecule has 0 N–H and O–H groups in total. The maximum Gasteiger partial charge on any atom is 0.338 e. The fraction of sp³-hybridized carbons (Fsp3) is 0.423. The molecule has 0 aromatic heterocycles. The number of ether oxygens (including phenoxy) is 4. The van der Waals surface area contributed by atoms with E-state index in [1.807, 2.05) is 4.90 Å². The van der Waals surface area contributed by atoms with Crippen molar-refractivity contribution in [2.24, 2.45) is 0 Å². The van der Waals surface area contributed by atoms with Crippen molar-refractivity contribution < 1.29 is 33.3 Å². The summed E-state index contributed by atoms with van der Waals surface area (Å²) in [5.74, 6) is 0.347. The molecule has 0 spiro atoms. The molecule has 1 heterocycles. The van der Waals surface area contributed by atoms with Gasteiger partial charge in [0.05, 0.1) is 19.8 Å². The standard InChI is InChI=1S/C26H31NO7/c1-17-6-5-7-18(2)27(17)25(29)16-33-21-11-8-19(9-12-21)26(30)34-15-22(28)20-10-13-23(31-3)24(14-20)32-4/h8-14,17-18H,5-7,15-16H2,1-4H3. The summed E-state index contributed by atoms with van der Waals surface area (Å²) in [5.41, 5.74) is 0.619. The summed E-state index contributed by atoms with van der Waals surface area (Å²) in [7, 11) is 2.98. The van der Waals surface area contributed by atoms with Crippen LogP contribution < -0.4 is 14.2 Å². The number of carbonyl (C=O) groups is 3. The number of piperidine rings is 1. The smallest absolute Gasteiger partial charge is 0.338 e. The van der Waals surface area contributed by atoms with Gasteiger partial charge in [-0.3, -0.25) is 9.59 Å². The van der Waals surface area contributed by atoms with E-state index in [-0.39, 0.29) is 35.9 Å². The molecule has 1 aliphatic rings. The minimum absolute atomic E-state index is 0.0446. The summed E-state index contributed by atoms with van der Waals surface area (Å²) in [4.78, 5) is 39.2. The van der Waals surface area contributed by atoms with Crippen LogP contribution in [0.3, 0.4) is 0 Å². The fourth-order valence-corrected chi connectivity index (χ4v) is 4.13. The van der Waals surface area contributed by atoms with Crippen LogP contribution >= 0.6 is 0 Å². The van der Waals surface area contributed by atoms with E-state index in [2.05, 4.69) is 13.8 Å². The van der Waals surface area contributed by atoms with Crippen LogP contribution in [0.4, 0.5) is 0 Å². The number of amides is 1. The van der Waals surface area contributed by atoms with Gasteiger partial charge in [-0.1, -0.05) is 0 Å². The van der Waals surface area contributed by atoms with E-state index in [1.54, 1.807) is 24.3 Å². The normalized spacial score (nSPS) is 17.6. The highest BCUT2D eigenvalue weighted by atomic mass is 16.5. The number of benzene rings is 2. The summed E-state index contributed by atoms with van der Waals surface area (Å²) in [6, 6.07) is 11.4. The van der Waals surface area contributed by atoms with Gasteiger partial charge in [-0.25, -0.2) is 4.79 Å². The van der Waals surface area contributed by atoms with Gasteiger partial charge < -0.3 is 23.8 Å². The van der Waals surface area contributed by atoms with Crippen molar-refractivity contribution >= 4 is 17.7 Å².